The summed E-state index contributed by atoms with van der Waals surface area (Å²) in [4.78, 5) is 10.6. The molecule has 2 aromatic carbocycles. The molecule has 0 atom stereocenters. The van der Waals surface area contributed by atoms with Gasteiger partial charge in [0.15, 0.2) is 0 Å². The van der Waals surface area contributed by atoms with Gasteiger partial charge in [0.05, 0.1) is 9.40 Å². The molecular weight excluding hydrogens is 350 g/mol. The highest BCUT2D eigenvalue weighted by molar-refractivity contribution is 9.10. The number of nitro groups is 1. The topological polar surface area (TPSA) is 43.1 Å². The van der Waals surface area contributed by atoms with Crippen molar-refractivity contribution in [1.82, 2.24) is 0 Å². The van der Waals surface area contributed by atoms with E-state index >= 15 is 0 Å². The maximum absolute atomic E-state index is 10.9. The van der Waals surface area contributed by atoms with Gasteiger partial charge in [0.2, 0.25) is 0 Å². The first-order valence-corrected chi connectivity index (χ1v) is 8.48. The molecule has 0 unspecified atom stereocenters. The molecule has 0 N–H and O–H groups in total. The van der Waals surface area contributed by atoms with Gasteiger partial charge < -0.3 is 0 Å². The number of nitro benzene ring substituents is 1. The number of halogens is 1. The van der Waals surface area contributed by atoms with Crippen LogP contribution < -0.4 is 0 Å². The van der Waals surface area contributed by atoms with Crippen LogP contribution in [0.25, 0.3) is 0 Å². The van der Waals surface area contributed by atoms with Crippen LogP contribution in [0, 0.1) is 24.0 Å². The lowest BCUT2D eigenvalue weighted by molar-refractivity contribution is -0.385. The van der Waals surface area contributed by atoms with Crippen LogP contribution in [0.3, 0.4) is 0 Å². The first-order chi connectivity index (χ1) is 9.95. The van der Waals surface area contributed by atoms with E-state index in [2.05, 4.69) is 48.0 Å². The molecule has 0 spiro atoms. The molecule has 21 heavy (non-hydrogen) atoms. The summed E-state index contributed by atoms with van der Waals surface area (Å²) in [6.07, 6.45) is 0. The molecule has 0 aromatic heterocycles. The maximum atomic E-state index is 10.9. The van der Waals surface area contributed by atoms with Gasteiger partial charge in [-0.05, 0) is 47.0 Å². The van der Waals surface area contributed by atoms with Crippen molar-refractivity contribution < 1.29 is 4.92 Å². The average Bonchev–Trinajstić information content (AvgIpc) is 2.39. The molecule has 5 heteroatoms. The molecule has 0 aliphatic heterocycles. The quantitative estimate of drug-likeness (QED) is 0.525. The van der Waals surface area contributed by atoms with Crippen LogP contribution in [0.15, 0.2) is 40.9 Å². The van der Waals surface area contributed by atoms with Crippen LogP contribution in [0.4, 0.5) is 5.69 Å². The third kappa shape index (κ3) is 4.58. The largest absolute Gasteiger partial charge is 0.283 e. The fourth-order valence-electron chi connectivity index (χ4n) is 2.23. The smallest absolute Gasteiger partial charge is 0.258 e. The summed E-state index contributed by atoms with van der Waals surface area (Å²) in [5.74, 6) is 1.67. The van der Waals surface area contributed by atoms with Gasteiger partial charge in [-0.2, -0.15) is 11.8 Å². The minimum atomic E-state index is -0.359. The van der Waals surface area contributed by atoms with E-state index in [1.54, 1.807) is 23.9 Å². The van der Waals surface area contributed by atoms with Crippen LogP contribution in [0.2, 0.25) is 0 Å². The molecule has 0 saturated carbocycles. The van der Waals surface area contributed by atoms with Crippen molar-refractivity contribution in [2.75, 3.05) is 0 Å². The SMILES string of the molecule is Cc1cc(C)cc(CSCc2ccc(Br)c([N+](=O)[O-])c2)c1. The first kappa shape index (κ1) is 16.0. The highest BCUT2D eigenvalue weighted by atomic mass is 79.9. The molecule has 0 bridgehead atoms. The summed E-state index contributed by atoms with van der Waals surface area (Å²) in [6, 6.07) is 11.8. The average molecular weight is 366 g/mol. The van der Waals surface area contributed by atoms with Crippen molar-refractivity contribution in [3.05, 3.63) is 73.2 Å². The van der Waals surface area contributed by atoms with Crippen LogP contribution in [0.1, 0.15) is 22.3 Å². The second-order valence-corrected chi connectivity index (χ2v) is 6.87. The molecule has 110 valence electrons. The number of benzene rings is 2. The first-order valence-electron chi connectivity index (χ1n) is 6.53. The Morgan fingerprint density at radius 3 is 2.29 bits per heavy atom. The van der Waals surface area contributed by atoms with E-state index in [1.165, 1.54) is 16.7 Å². The van der Waals surface area contributed by atoms with E-state index in [1.807, 2.05) is 6.07 Å². The van der Waals surface area contributed by atoms with E-state index in [-0.39, 0.29) is 10.6 Å². The number of nitrogens with zero attached hydrogens (tertiary/aromatic N) is 1. The number of hydrogen-bond acceptors (Lipinski definition) is 3. The lowest BCUT2D eigenvalue weighted by atomic mass is 10.1. The zero-order valence-electron chi connectivity index (χ0n) is 11.9. The Labute approximate surface area is 137 Å². The third-order valence-corrected chi connectivity index (χ3v) is 4.77. The van der Waals surface area contributed by atoms with Gasteiger partial charge in [0.1, 0.15) is 0 Å². The van der Waals surface area contributed by atoms with Crippen LogP contribution >= 0.6 is 27.7 Å². The number of hydrogen-bond donors (Lipinski definition) is 0. The molecule has 2 rings (SSSR count). The van der Waals surface area contributed by atoms with Gasteiger partial charge in [-0.15, -0.1) is 0 Å². The zero-order chi connectivity index (χ0) is 15.4. The van der Waals surface area contributed by atoms with Crippen LogP contribution in [-0.2, 0) is 11.5 Å². The summed E-state index contributed by atoms with van der Waals surface area (Å²) in [6.45, 7) is 4.19. The summed E-state index contributed by atoms with van der Waals surface area (Å²) in [7, 11) is 0. The minimum absolute atomic E-state index is 0.125. The second kappa shape index (κ2) is 7.09. The standard InChI is InChI=1S/C16H16BrNO2S/c1-11-5-12(2)7-14(6-11)10-21-9-13-3-4-15(17)16(8-13)18(19)20/h3-8H,9-10H2,1-2H3. The molecule has 0 aliphatic rings. The third-order valence-electron chi connectivity index (χ3n) is 3.03. The van der Waals surface area contributed by atoms with Gasteiger partial charge in [-0.25, -0.2) is 0 Å². The summed E-state index contributed by atoms with van der Waals surface area (Å²) >= 11 is 4.97. The summed E-state index contributed by atoms with van der Waals surface area (Å²) in [5.41, 5.74) is 4.93. The van der Waals surface area contributed by atoms with Gasteiger partial charge >= 0.3 is 0 Å². The van der Waals surface area contributed by atoms with Crippen LogP contribution in [-0.4, -0.2) is 4.92 Å². The number of aryl methyl sites for hydroxylation is 2. The predicted molar refractivity (Wildman–Crippen MR) is 91.7 cm³/mol. The van der Waals surface area contributed by atoms with E-state index < -0.39 is 0 Å². The predicted octanol–water partition coefficient (Wildman–Crippen LogP) is 5.41. The Kier molecular flexibility index (Phi) is 5.42. The Morgan fingerprint density at radius 1 is 1.05 bits per heavy atom. The molecular formula is C16H16BrNO2S. The Morgan fingerprint density at radius 2 is 1.67 bits per heavy atom. The summed E-state index contributed by atoms with van der Waals surface area (Å²) < 4.78 is 0.524. The Bertz CT molecular complexity index is 653. The van der Waals surface area contributed by atoms with Crippen molar-refractivity contribution >= 4 is 33.4 Å². The summed E-state index contributed by atoms with van der Waals surface area (Å²) in [5, 5.41) is 10.9. The Hall–Kier alpha value is -1.33. The molecule has 3 nitrogen and oxygen atoms in total. The van der Waals surface area contributed by atoms with Crippen molar-refractivity contribution in [3.63, 3.8) is 0 Å². The van der Waals surface area contributed by atoms with E-state index in [9.17, 15) is 10.1 Å². The van der Waals surface area contributed by atoms with E-state index in [4.69, 9.17) is 0 Å². The monoisotopic (exact) mass is 365 g/mol. The van der Waals surface area contributed by atoms with Gasteiger partial charge in [-0.3, -0.25) is 10.1 Å². The lowest BCUT2D eigenvalue weighted by Gasteiger charge is -2.06. The van der Waals surface area contributed by atoms with E-state index in [0.29, 0.717) is 4.47 Å². The number of thioether (sulfide) groups is 1. The van der Waals surface area contributed by atoms with Crippen LogP contribution in [0.5, 0.6) is 0 Å². The van der Waals surface area contributed by atoms with Crippen molar-refractivity contribution in [3.8, 4) is 0 Å². The van der Waals surface area contributed by atoms with Crippen molar-refractivity contribution in [2.24, 2.45) is 0 Å². The van der Waals surface area contributed by atoms with Gasteiger partial charge in [0, 0.05) is 17.6 Å². The molecule has 0 heterocycles. The second-order valence-electron chi connectivity index (χ2n) is 5.03. The van der Waals surface area contributed by atoms with Gasteiger partial charge in [0.25, 0.3) is 5.69 Å². The fourth-order valence-corrected chi connectivity index (χ4v) is 3.54. The number of rotatable bonds is 5. The van der Waals surface area contributed by atoms with Crippen molar-refractivity contribution in [2.45, 2.75) is 25.4 Å². The molecule has 0 aliphatic carbocycles. The molecule has 2 aromatic rings. The molecule has 0 saturated heterocycles. The highest BCUT2D eigenvalue weighted by Gasteiger charge is 2.12. The Balaban J connectivity index is 2.00. The zero-order valence-corrected chi connectivity index (χ0v) is 14.3. The lowest BCUT2D eigenvalue weighted by Crippen LogP contribution is -1.92. The molecule has 0 fully saturated rings. The minimum Gasteiger partial charge on any atom is -0.258 e. The van der Waals surface area contributed by atoms with Crippen molar-refractivity contribution in [1.29, 1.82) is 0 Å². The van der Waals surface area contributed by atoms with Gasteiger partial charge in [-0.1, -0.05) is 35.4 Å². The van der Waals surface area contributed by atoms with E-state index in [0.717, 1.165) is 17.1 Å². The normalized spacial score (nSPS) is 10.6. The molecule has 0 radical (unpaired) electrons. The maximum Gasteiger partial charge on any atom is 0.283 e. The highest BCUT2D eigenvalue weighted by Crippen LogP contribution is 2.28. The molecule has 0 amide bonds. The fraction of sp³-hybridized carbons (Fsp3) is 0.250.